The lowest BCUT2D eigenvalue weighted by Crippen LogP contribution is -2.37. The summed E-state index contributed by atoms with van der Waals surface area (Å²) in [6.07, 6.45) is 16.3. The van der Waals surface area contributed by atoms with E-state index in [1.54, 1.807) is 0 Å². The van der Waals surface area contributed by atoms with E-state index in [4.69, 9.17) is 23.6 Å². The fourth-order valence-electron chi connectivity index (χ4n) is 4.56. The van der Waals surface area contributed by atoms with Gasteiger partial charge < -0.3 is 33.0 Å². The van der Waals surface area contributed by atoms with Crippen LogP contribution in [-0.2, 0) is 27.9 Å². The topological polar surface area (TPSA) is 114 Å². The summed E-state index contributed by atoms with van der Waals surface area (Å²) >= 11 is 0. The molecule has 0 aliphatic rings. The van der Waals surface area contributed by atoms with Gasteiger partial charge in [0.25, 0.3) is 7.82 Å². The van der Waals surface area contributed by atoms with E-state index in [-0.39, 0.29) is 32.3 Å². The number of hydrogen-bond donors (Lipinski definition) is 1. The largest absolute Gasteiger partial charge is 0.756 e. The molecule has 0 fully saturated rings. The minimum Gasteiger partial charge on any atom is -0.756 e. The van der Waals surface area contributed by atoms with E-state index in [9.17, 15) is 14.3 Å². The molecule has 0 bridgehead atoms. The van der Waals surface area contributed by atoms with Crippen molar-refractivity contribution in [1.82, 2.24) is 0 Å². The molecule has 10 heteroatoms. The number of nitrogens with zero attached hydrogens (tertiary/aromatic N) is 1. The van der Waals surface area contributed by atoms with Crippen LogP contribution in [0.4, 0.5) is 0 Å². The monoisotopic (exact) mass is 609 g/mol. The van der Waals surface area contributed by atoms with Gasteiger partial charge in [-0.25, -0.2) is 0 Å². The fourth-order valence-corrected chi connectivity index (χ4v) is 5.28. The SMILES string of the molecule is CCCCCCCCCC(OC[C@H](COP(=O)([O-])OCC[N+](C)(C)C)OCCCCC(=O)O)C(C)CCCCCC. The third-order valence-corrected chi connectivity index (χ3v) is 8.27. The summed E-state index contributed by atoms with van der Waals surface area (Å²) < 4.78 is 35.6. The summed E-state index contributed by atoms with van der Waals surface area (Å²) in [6.45, 7) is 7.61. The summed E-state index contributed by atoms with van der Waals surface area (Å²) in [4.78, 5) is 23.2. The highest BCUT2D eigenvalue weighted by atomic mass is 31.2. The number of phosphoric ester groups is 1. The van der Waals surface area contributed by atoms with Gasteiger partial charge in [-0.15, -0.1) is 0 Å². The Morgan fingerprint density at radius 1 is 0.780 bits per heavy atom. The van der Waals surface area contributed by atoms with Crippen molar-refractivity contribution in [3.63, 3.8) is 0 Å². The van der Waals surface area contributed by atoms with Crippen molar-refractivity contribution in [3.05, 3.63) is 0 Å². The summed E-state index contributed by atoms with van der Waals surface area (Å²) in [5, 5.41) is 8.89. The third kappa shape index (κ3) is 26.8. The molecule has 41 heavy (non-hydrogen) atoms. The van der Waals surface area contributed by atoms with Crippen LogP contribution >= 0.6 is 7.82 Å². The molecule has 0 heterocycles. The molecule has 0 saturated heterocycles. The van der Waals surface area contributed by atoms with Crippen LogP contribution in [0.2, 0.25) is 0 Å². The zero-order valence-electron chi connectivity index (χ0n) is 27.3. The van der Waals surface area contributed by atoms with E-state index >= 15 is 0 Å². The Hall–Kier alpha value is -0.540. The van der Waals surface area contributed by atoms with Gasteiger partial charge in [0.15, 0.2) is 0 Å². The predicted octanol–water partition coefficient (Wildman–Crippen LogP) is 6.97. The summed E-state index contributed by atoms with van der Waals surface area (Å²) in [7, 11) is 1.39. The average Bonchev–Trinajstić information content (AvgIpc) is 2.88. The summed E-state index contributed by atoms with van der Waals surface area (Å²) in [5.41, 5.74) is 0. The highest BCUT2D eigenvalue weighted by Crippen LogP contribution is 2.38. The van der Waals surface area contributed by atoms with Gasteiger partial charge in [-0.3, -0.25) is 9.36 Å². The third-order valence-electron chi connectivity index (χ3n) is 7.30. The predicted molar refractivity (Wildman–Crippen MR) is 164 cm³/mol. The number of rotatable bonds is 30. The molecular weight excluding hydrogens is 545 g/mol. The van der Waals surface area contributed by atoms with Crippen molar-refractivity contribution >= 4 is 13.8 Å². The minimum absolute atomic E-state index is 0.0392. The zero-order chi connectivity index (χ0) is 31.0. The first kappa shape index (κ1) is 40.5. The van der Waals surface area contributed by atoms with Gasteiger partial charge >= 0.3 is 5.97 Å². The molecule has 4 atom stereocenters. The molecule has 0 amide bonds. The minimum atomic E-state index is -4.49. The van der Waals surface area contributed by atoms with Gasteiger partial charge in [0, 0.05) is 13.0 Å². The van der Waals surface area contributed by atoms with Gasteiger partial charge in [0.2, 0.25) is 0 Å². The molecule has 0 radical (unpaired) electrons. The maximum atomic E-state index is 12.4. The van der Waals surface area contributed by atoms with Crippen LogP contribution in [0.3, 0.4) is 0 Å². The Labute approximate surface area is 251 Å². The van der Waals surface area contributed by atoms with E-state index in [0.717, 1.165) is 19.3 Å². The molecule has 3 unspecified atom stereocenters. The van der Waals surface area contributed by atoms with Crippen LogP contribution < -0.4 is 4.89 Å². The number of phosphoric acid groups is 1. The Kier molecular flexibility index (Phi) is 24.5. The molecule has 0 aliphatic carbocycles. The molecule has 0 rings (SSSR count). The van der Waals surface area contributed by atoms with E-state index in [1.165, 1.54) is 64.2 Å². The maximum Gasteiger partial charge on any atom is 0.303 e. The maximum absolute atomic E-state index is 12.4. The summed E-state index contributed by atoms with van der Waals surface area (Å²) in [6, 6.07) is 0. The van der Waals surface area contributed by atoms with Gasteiger partial charge in [-0.1, -0.05) is 91.4 Å². The molecule has 0 spiro atoms. The van der Waals surface area contributed by atoms with E-state index in [2.05, 4.69) is 20.8 Å². The van der Waals surface area contributed by atoms with Crippen molar-refractivity contribution in [2.45, 2.75) is 136 Å². The van der Waals surface area contributed by atoms with Crippen molar-refractivity contribution in [2.75, 3.05) is 54.1 Å². The van der Waals surface area contributed by atoms with Crippen molar-refractivity contribution in [2.24, 2.45) is 5.92 Å². The number of unbranched alkanes of at least 4 members (excludes halogenated alkanes) is 10. The fraction of sp³-hybridized carbons (Fsp3) is 0.968. The smallest absolute Gasteiger partial charge is 0.303 e. The molecule has 0 aromatic rings. The van der Waals surface area contributed by atoms with E-state index in [0.29, 0.717) is 36.4 Å². The highest BCUT2D eigenvalue weighted by molar-refractivity contribution is 7.45. The van der Waals surface area contributed by atoms with Crippen LogP contribution in [0.1, 0.15) is 124 Å². The molecule has 1 N–H and O–H groups in total. The van der Waals surface area contributed by atoms with Gasteiger partial charge in [0.05, 0.1) is 40.5 Å². The molecule has 9 nitrogen and oxygen atoms in total. The number of ether oxygens (including phenoxy) is 2. The number of likely N-dealkylation sites (N-methyl/N-ethyl adjacent to an activating group) is 1. The standard InChI is InChI=1S/C31H64NO8P/c1-7-9-11-13-14-15-17-21-30(28(3)20-16-12-10-8-2)38-26-29(37-24-19-18-22-31(33)34)27-40-41(35,36)39-25-23-32(4,5)6/h28-30H,7-27H2,1-6H3,(H-,33,34,35,36)/t28?,29-,30?/m1/s1. The Morgan fingerprint density at radius 3 is 1.98 bits per heavy atom. The van der Waals surface area contributed by atoms with Gasteiger partial charge in [-0.2, -0.15) is 0 Å². The van der Waals surface area contributed by atoms with Crippen molar-refractivity contribution in [1.29, 1.82) is 0 Å². The molecule has 0 aromatic heterocycles. The zero-order valence-corrected chi connectivity index (χ0v) is 28.2. The highest BCUT2D eigenvalue weighted by Gasteiger charge is 2.22. The first-order valence-electron chi connectivity index (χ1n) is 16.3. The van der Waals surface area contributed by atoms with E-state index in [1.807, 2.05) is 21.1 Å². The van der Waals surface area contributed by atoms with Crippen LogP contribution in [0.15, 0.2) is 0 Å². The van der Waals surface area contributed by atoms with Crippen LogP contribution in [0, 0.1) is 5.92 Å². The van der Waals surface area contributed by atoms with E-state index < -0.39 is 19.9 Å². The molecule has 0 saturated carbocycles. The second-order valence-corrected chi connectivity index (χ2v) is 14.0. The Balaban J connectivity index is 5.06. The van der Waals surface area contributed by atoms with Crippen molar-refractivity contribution < 1.29 is 42.4 Å². The number of carbonyl (C=O) groups is 1. The number of quaternary nitrogens is 1. The lowest BCUT2D eigenvalue weighted by molar-refractivity contribution is -0.870. The number of hydrogen-bond acceptors (Lipinski definition) is 7. The second-order valence-electron chi connectivity index (χ2n) is 12.5. The average molecular weight is 610 g/mol. The summed E-state index contributed by atoms with van der Waals surface area (Å²) in [5.74, 6) is -0.443. The van der Waals surface area contributed by atoms with Crippen LogP contribution in [-0.4, -0.2) is 81.9 Å². The number of carboxylic acid groups (broad SMARTS) is 1. The quantitative estimate of drug-likeness (QED) is 0.0528. The lowest BCUT2D eigenvalue weighted by atomic mass is 9.93. The lowest BCUT2D eigenvalue weighted by Gasteiger charge is -2.30. The van der Waals surface area contributed by atoms with Gasteiger partial charge in [0.1, 0.15) is 19.3 Å². The van der Waals surface area contributed by atoms with Crippen LogP contribution in [0.5, 0.6) is 0 Å². The molecule has 0 aliphatic heterocycles. The van der Waals surface area contributed by atoms with Gasteiger partial charge in [-0.05, 0) is 31.6 Å². The molecule has 246 valence electrons. The van der Waals surface area contributed by atoms with Crippen LogP contribution in [0.25, 0.3) is 0 Å². The first-order chi connectivity index (χ1) is 19.4. The number of carboxylic acids is 1. The Bertz CT molecular complexity index is 673. The normalized spacial score (nSPS) is 15.9. The Morgan fingerprint density at radius 2 is 1.37 bits per heavy atom. The van der Waals surface area contributed by atoms with Crippen molar-refractivity contribution in [3.8, 4) is 0 Å². The molecule has 0 aromatic carbocycles. The number of aliphatic carboxylic acids is 1. The molecular formula is C31H64NO8P. The second kappa shape index (κ2) is 24.9. The first-order valence-corrected chi connectivity index (χ1v) is 17.7.